The largest absolute Gasteiger partial charge is 0.384 e. The number of carbonyl (C=O) groups is 5. The highest BCUT2D eigenvalue weighted by molar-refractivity contribution is 5.88. The van der Waals surface area contributed by atoms with E-state index in [4.69, 9.17) is 14.3 Å². The van der Waals surface area contributed by atoms with Crippen LogP contribution in [-0.2, 0) is 57.5 Å². The van der Waals surface area contributed by atoms with Gasteiger partial charge in [0, 0.05) is 39.6 Å². The first-order valence-electron chi connectivity index (χ1n) is 16.3. The molecule has 0 aliphatic carbocycles. The molecule has 2 aromatic rings. The number of aryl methyl sites for hydroxylation is 2. The van der Waals surface area contributed by atoms with Gasteiger partial charge in [-0.25, -0.2) is 4.79 Å². The Bertz CT molecular complexity index is 1220. The lowest BCUT2D eigenvalue weighted by Crippen LogP contribution is -2.47. The molecule has 0 bridgehead atoms. The van der Waals surface area contributed by atoms with Crippen LogP contribution < -0.4 is 21.4 Å². The summed E-state index contributed by atoms with van der Waals surface area (Å²) in [6.45, 7) is 3.10. The zero-order valence-electron chi connectivity index (χ0n) is 27.6. The summed E-state index contributed by atoms with van der Waals surface area (Å²) in [5.41, 5.74) is 5.49. The maximum absolute atomic E-state index is 12.8. The molecule has 0 aliphatic heterocycles. The Balaban J connectivity index is 1.67. The minimum Gasteiger partial charge on any atom is -0.384 e. The van der Waals surface area contributed by atoms with E-state index < -0.39 is 23.8 Å². The van der Waals surface area contributed by atoms with Gasteiger partial charge in [-0.2, -0.15) is 5.48 Å². The lowest BCUT2D eigenvalue weighted by Gasteiger charge is -2.18. The van der Waals surface area contributed by atoms with Crippen molar-refractivity contribution in [2.24, 2.45) is 0 Å². The van der Waals surface area contributed by atoms with E-state index in [-0.39, 0.29) is 57.1 Å². The van der Waals surface area contributed by atoms with Gasteiger partial charge in [0.15, 0.2) is 0 Å². The average Bonchev–Trinajstić information content (AvgIpc) is 3.07. The summed E-state index contributed by atoms with van der Waals surface area (Å²) in [4.78, 5) is 66.2. The second-order valence-electron chi connectivity index (χ2n) is 11.0. The Morgan fingerprint density at radius 2 is 1.36 bits per heavy atom. The molecule has 0 spiro atoms. The first-order valence-corrected chi connectivity index (χ1v) is 16.3. The molecule has 0 heterocycles. The van der Waals surface area contributed by atoms with E-state index in [0.717, 1.165) is 31.2 Å². The van der Waals surface area contributed by atoms with Crippen molar-refractivity contribution < 1.29 is 38.3 Å². The number of hydrogen-bond donors (Lipinski definition) is 4. The summed E-state index contributed by atoms with van der Waals surface area (Å²) in [7, 11) is 1.51. The summed E-state index contributed by atoms with van der Waals surface area (Å²) in [6, 6.07) is 17.3. The molecule has 4 amide bonds. The number of carbonyl (C=O) groups excluding carboxylic acids is 5. The molecule has 2 rings (SSSR count). The minimum absolute atomic E-state index is 0.0514. The normalized spacial score (nSPS) is 11.3. The van der Waals surface area contributed by atoms with Crippen molar-refractivity contribution in [1.29, 1.82) is 0 Å². The van der Waals surface area contributed by atoms with Crippen LogP contribution in [0.15, 0.2) is 54.6 Å². The van der Waals surface area contributed by atoms with Gasteiger partial charge < -0.3 is 30.3 Å². The van der Waals surface area contributed by atoms with E-state index in [1.165, 1.54) is 18.2 Å². The number of hydroxylamine groups is 1. The molecule has 0 aliphatic rings. The zero-order valence-corrected chi connectivity index (χ0v) is 27.6. The van der Waals surface area contributed by atoms with Crippen LogP contribution in [0.4, 0.5) is 0 Å². The third-order valence-electron chi connectivity index (χ3n) is 7.17. The number of unbranched alkanes of at least 4 members (excludes halogenated alkanes) is 1. The fraction of sp³-hybridized carbons (Fsp3) is 0.514. The molecular formula is C35H50N4O8. The number of ether oxygens (including phenoxy) is 2. The summed E-state index contributed by atoms with van der Waals surface area (Å²) < 4.78 is 10.1. The molecule has 0 saturated carbocycles. The minimum atomic E-state index is -0.864. The van der Waals surface area contributed by atoms with Crippen LogP contribution in [0, 0.1) is 0 Å². The van der Waals surface area contributed by atoms with Crippen molar-refractivity contribution in [2.75, 3.05) is 40.0 Å². The maximum Gasteiger partial charge on any atom is 0.334 e. The van der Waals surface area contributed by atoms with Gasteiger partial charge in [0.05, 0.1) is 26.1 Å². The Morgan fingerprint density at radius 3 is 2.04 bits per heavy atom. The summed E-state index contributed by atoms with van der Waals surface area (Å²) in [6.07, 6.45) is 5.09. The summed E-state index contributed by atoms with van der Waals surface area (Å²) in [5, 5.41) is 8.05. The van der Waals surface area contributed by atoms with Crippen LogP contribution in [0.2, 0.25) is 0 Å². The molecule has 0 radical (unpaired) electrons. The van der Waals surface area contributed by atoms with E-state index in [1.807, 2.05) is 37.3 Å². The van der Waals surface area contributed by atoms with Gasteiger partial charge in [-0.3, -0.25) is 19.2 Å². The standard InChI is InChI=1S/C35H50N4O8/c1-3-46-25-21-32(41)38-30(14-9-22-36-31(40)20-24-45-2)35(44)37-23-19-34(43)47-39-33(42)26-29-17-15-28(16-18-29)13-8-7-12-27-10-5-4-6-11-27/h4-6,10-11,15-18,30H,3,7-9,12-14,19-26H2,1-2H3,(H,36,40)(H,37,44)(H,38,41)(H,39,42)/t30-/m0/s1. The van der Waals surface area contributed by atoms with E-state index in [0.29, 0.717) is 26.2 Å². The Hall–Kier alpha value is -4.29. The molecule has 0 fully saturated rings. The highest BCUT2D eigenvalue weighted by Crippen LogP contribution is 2.11. The van der Waals surface area contributed by atoms with Crippen LogP contribution in [0.5, 0.6) is 0 Å². The first-order chi connectivity index (χ1) is 22.8. The molecular weight excluding hydrogens is 604 g/mol. The average molecular weight is 655 g/mol. The van der Waals surface area contributed by atoms with Crippen molar-refractivity contribution in [3.8, 4) is 0 Å². The maximum atomic E-state index is 12.8. The second-order valence-corrected chi connectivity index (χ2v) is 11.0. The highest BCUT2D eigenvalue weighted by Gasteiger charge is 2.21. The third-order valence-corrected chi connectivity index (χ3v) is 7.17. The lowest BCUT2D eigenvalue weighted by molar-refractivity contribution is -0.158. The van der Waals surface area contributed by atoms with Gasteiger partial charge in [0.25, 0.3) is 5.91 Å². The molecule has 2 aromatic carbocycles. The summed E-state index contributed by atoms with van der Waals surface area (Å²) >= 11 is 0. The van der Waals surface area contributed by atoms with E-state index >= 15 is 0 Å². The zero-order chi connectivity index (χ0) is 34.1. The van der Waals surface area contributed by atoms with Gasteiger partial charge in [0.1, 0.15) is 6.04 Å². The number of rotatable bonds is 23. The molecule has 12 nitrogen and oxygen atoms in total. The van der Waals surface area contributed by atoms with Crippen molar-refractivity contribution in [1.82, 2.24) is 21.4 Å². The Morgan fingerprint density at radius 1 is 0.702 bits per heavy atom. The SMILES string of the molecule is CCOCCC(=O)N[C@@H](CCCNC(=O)CCOC)C(=O)NCCC(=O)ONC(=O)Cc1ccc(CCCCc2ccccc2)cc1. The van der Waals surface area contributed by atoms with Gasteiger partial charge in [-0.1, -0.05) is 54.6 Å². The van der Waals surface area contributed by atoms with Gasteiger partial charge in [-0.05, 0) is 62.1 Å². The number of benzene rings is 2. The predicted octanol–water partition coefficient (Wildman–Crippen LogP) is 2.72. The lowest BCUT2D eigenvalue weighted by atomic mass is 10.0. The van der Waals surface area contributed by atoms with Crippen LogP contribution >= 0.6 is 0 Å². The second kappa shape index (κ2) is 24.0. The molecule has 4 N–H and O–H groups in total. The smallest absolute Gasteiger partial charge is 0.334 e. The fourth-order valence-corrected chi connectivity index (χ4v) is 4.59. The van der Waals surface area contributed by atoms with Crippen LogP contribution in [0.3, 0.4) is 0 Å². The Kier molecular flexibility index (Phi) is 19.8. The fourth-order valence-electron chi connectivity index (χ4n) is 4.59. The number of methoxy groups -OCH3 is 1. The predicted molar refractivity (Wildman–Crippen MR) is 177 cm³/mol. The van der Waals surface area contributed by atoms with Crippen LogP contribution in [-0.4, -0.2) is 75.7 Å². The van der Waals surface area contributed by atoms with Crippen LogP contribution in [0.25, 0.3) is 0 Å². The highest BCUT2D eigenvalue weighted by atomic mass is 16.7. The number of nitrogens with one attached hydrogen (secondary N) is 4. The molecule has 258 valence electrons. The van der Waals surface area contributed by atoms with E-state index in [9.17, 15) is 24.0 Å². The molecule has 0 unspecified atom stereocenters. The molecule has 0 aromatic heterocycles. The van der Waals surface area contributed by atoms with Gasteiger partial charge in [0.2, 0.25) is 17.7 Å². The number of amides is 4. The summed E-state index contributed by atoms with van der Waals surface area (Å²) in [5.74, 6) is -2.18. The van der Waals surface area contributed by atoms with Crippen molar-refractivity contribution in [2.45, 2.75) is 77.2 Å². The first kappa shape index (κ1) is 38.9. The van der Waals surface area contributed by atoms with Gasteiger partial charge in [-0.15, -0.1) is 0 Å². The monoisotopic (exact) mass is 654 g/mol. The van der Waals surface area contributed by atoms with Crippen molar-refractivity contribution in [3.05, 3.63) is 71.3 Å². The molecule has 12 heteroatoms. The number of hydrogen-bond acceptors (Lipinski definition) is 8. The molecule has 1 atom stereocenters. The Labute approximate surface area is 277 Å². The van der Waals surface area contributed by atoms with Crippen molar-refractivity contribution >= 4 is 29.6 Å². The third kappa shape index (κ3) is 18.4. The van der Waals surface area contributed by atoms with E-state index in [2.05, 4.69) is 45.7 Å². The van der Waals surface area contributed by atoms with Gasteiger partial charge >= 0.3 is 5.97 Å². The van der Waals surface area contributed by atoms with Crippen molar-refractivity contribution in [3.63, 3.8) is 0 Å². The topological polar surface area (TPSA) is 161 Å². The van der Waals surface area contributed by atoms with E-state index in [1.54, 1.807) is 0 Å². The van der Waals surface area contributed by atoms with Crippen LogP contribution in [0.1, 0.15) is 68.6 Å². The quantitative estimate of drug-likeness (QED) is 0.105. The molecule has 0 saturated heterocycles. The molecule has 47 heavy (non-hydrogen) atoms.